The van der Waals surface area contributed by atoms with Crippen LogP contribution in [0, 0.1) is 5.82 Å². The largest absolute Gasteiger partial charge is 0.356 e. The summed E-state index contributed by atoms with van der Waals surface area (Å²) in [5.41, 5.74) is 9.27. The average Bonchev–Trinajstić information content (AvgIpc) is 3.64. The molecule has 4 aromatic heterocycles. The zero-order valence-electron chi connectivity index (χ0n) is 22.4. The number of allylic oxidation sites excluding steroid dienone is 4. The molecule has 0 saturated carbocycles. The SMILES string of the molecule is C=C/C(=C\C(=C/C)c1cnc2[nH]nc(-c3cc4c(-c5ccc(F)cc5)nccc4[nH]3)c2c1)NC(=C)c1ccccc1. The van der Waals surface area contributed by atoms with E-state index in [1.165, 1.54) is 12.1 Å². The van der Waals surface area contributed by atoms with E-state index in [1.54, 1.807) is 24.4 Å². The Morgan fingerprint density at radius 2 is 1.73 bits per heavy atom. The summed E-state index contributed by atoms with van der Waals surface area (Å²) < 4.78 is 13.5. The summed E-state index contributed by atoms with van der Waals surface area (Å²) in [6.07, 6.45) is 9.39. The summed E-state index contributed by atoms with van der Waals surface area (Å²) in [6.45, 7) is 10.1. The second kappa shape index (κ2) is 10.9. The quantitative estimate of drug-likeness (QED) is 0.171. The molecule has 0 saturated heterocycles. The third kappa shape index (κ3) is 5.08. The first-order chi connectivity index (χ1) is 20.0. The third-order valence-corrected chi connectivity index (χ3v) is 6.93. The van der Waals surface area contributed by atoms with Gasteiger partial charge in [0.15, 0.2) is 5.65 Å². The summed E-state index contributed by atoms with van der Waals surface area (Å²) in [6, 6.07) is 22.3. The number of pyridine rings is 2. The van der Waals surface area contributed by atoms with Crippen molar-refractivity contribution in [1.82, 2.24) is 30.5 Å². The molecule has 0 fully saturated rings. The molecule has 6 rings (SSSR count). The molecular weight excluding hydrogens is 511 g/mol. The molecule has 0 spiro atoms. The maximum atomic E-state index is 13.5. The first kappa shape index (κ1) is 25.7. The molecule has 41 heavy (non-hydrogen) atoms. The highest BCUT2D eigenvalue weighted by atomic mass is 19.1. The number of hydrogen-bond acceptors (Lipinski definition) is 4. The topological polar surface area (TPSA) is 82.3 Å². The standard InChI is InChI=1S/C34H27FN6/c1-4-22(17-27(5-2)38-21(3)23-9-7-6-8-10-23)25-18-29-33(40-41-34(29)37-20-25)31-19-28-30(39-31)15-16-36-32(28)24-11-13-26(35)14-12-24/h4-20,38-39H,2-3H2,1H3,(H,37,40,41)/b22-4+,27-17+. The van der Waals surface area contributed by atoms with Gasteiger partial charge in [-0.1, -0.05) is 49.6 Å². The molecule has 4 heterocycles. The number of halogens is 1. The van der Waals surface area contributed by atoms with Crippen LogP contribution in [0.25, 0.3) is 55.9 Å². The number of benzene rings is 2. The predicted molar refractivity (Wildman–Crippen MR) is 165 cm³/mol. The molecule has 0 aliphatic rings. The molecule has 0 amide bonds. The van der Waals surface area contributed by atoms with Crippen molar-refractivity contribution in [1.29, 1.82) is 0 Å². The molecule has 7 heteroatoms. The Morgan fingerprint density at radius 1 is 0.927 bits per heavy atom. The maximum Gasteiger partial charge on any atom is 0.155 e. The highest BCUT2D eigenvalue weighted by Gasteiger charge is 2.16. The molecular formula is C34H27FN6. The van der Waals surface area contributed by atoms with Gasteiger partial charge >= 0.3 is 0 Å². The van der Waals surface area contributed by atoms with Crippen molar-refractivity contribution < 1.29 is 4.39 Å². The van der Waals surface area contributed by atoms with Gasteiger partial charge in [-0.3, -0.25) is 10.1 Å². The van der Waals surface area contributed by atoms with Crippen molar-refractivity contribution in [2.45, 2.75) is 6.92 Å². The number of hydrogen-bond donors (Lipinski definition) is 3. The van der Waals surface area contributed by atoms with Gasteiger partial charge in [0.1, 0.15) is 11.5 Å². The number of aromatic amines is 2. The normalized spacial score (nSPS) is 12.1. The number of rotatable bonds is 8. The predicted octanol–water partition coefficient (Wildman–Crippen LogP) is 8.04. The lowest BCUT2D eigenvalue weighted by atomic mass is 10.0. The minimum atomic E-state index is -0.283. The van der Waals surface area contributed by atoms with Crippen LogP contribution in [0.3, 0.4) is 0 Å². The lowest BCUT2D eigenvalue weighted by Crippen LogP contribution is -2.09. The molecule has 0 aliphatic heterocycles. The van der Waals surface area contributed by atoms with E-state index in [9.17, 15) is 4.39 Å². The Balaban J connectivity index is 1.36. The van der Waals surface area contributed by atoms with Crippen molar-refractivity contribution >= 4 is 33.2 Å². The Bertz CT molecular complexity index is 1960. The summed E-state index contributed by atoms with van der Waals surface area (Å²) in [5.74, 6) is -0.283. The maximum absolute atomic E-state index is 13.5. The van der Waals surface area contributed by atoms with E-state index in [1.807, 2.05) is 67.7 Å². The van der Waals surface area contributed by atoms with Crippen LogP contribution in [0.5, 0.6) is 0 Å². The zero-order chi connectivity index (χ0) is 28.3. The van der Waals surface area contributed by atoms with Crippen molar-refractivity contribution in [3.8, 4) is 22.6 Å². The Labute approximate surface area is 236 Å². The molecule has 0 bridgehead atoms. The molecule has 2 aromatic carbocycles. The lowest BCUT2D eigenvalue weighted by molar-refractivity contribution is 0.628. The summed E-state index contributed by atoms with van der Waals surface area (Å²) in [5, 5.41) is 12.8. The highest BCUT2D eigenvalue weighted by Crippen LogP contribution is 2.33. The highest BCUT2D eigenvalue weighted by molar-refractivity contribution is 6.00. The molecule has 6 aromatic rings. The summed E-state index contributed by atoms with van der Waals surface area (Å²) in [7, 11) is 0. The number of H-pyrrole nitrogens is 2. The fourth-order valence-electron chi connectivity index (χ4n) is 4.82. The second-order valence-corrected chi connectivity index (χ2v) is 9.52. The molecule has 0 aliphatic carbocycles. The van der Waals surface area contributed by atoms with Crippen LogP contribution in [0.15, 0.2) is 122 Å². The van der Waals surface area contributed by atoms with Crippen molar-refractivity contribution in [3.05, 3.63) is 139 Å². The number of nitrogens with zero attached hydrogens (tertiary/aromatic N) is 3. The van der Waals surface area contributed by atoms with E-state index in [0.717, 1.165) is 67.0 Å². The van der Waals surface area contributed by atoms with E-state index in [2.05, 4.69) is 49.7 Å². The van der Waals surface area contributed by atoms with Crippen LogP contribution in [0.1, 0.15) is 18.1 Å². The molecule has 6 nitrogen and oxygen atoms in total. The van der Waals surface area contributed by atoms with Gasteiger partial charge in [0, 0.05) is 51.2 Å². The first-order valence-electron chi connectivity index (χ1n) is 13.1. The lowest BCUT2D eigenvalue weighted by Gasteiger charge is -2.12. The van der Waals surface area contributed by atoms with Gasteiger partial charge in [0.2, 0.25) is 0 Å². The average molecular weight is 539 g/mol. The first-order valence-corrected chi connectivity index (χ1v) is 13.1. The van der Waals surface area contributed by atoms with Crippen LogP contribution in [0.2, 0.25) is 0 Å². The zero-order valence-corrected chi connectivity index (χ0v) is 22.4. The molecule has 3 N–H and O–H groups in total. The van der Waals surface area contributed by atoms with Crippen LogP contribution in [-0.2, 0) is 0 Å². The Kier molecular flexibility index (Phi) is 6.83. The molecule has 0 unspecified atom stereocenters. The smallest absolute Gasteiger partial charge is 0.155 e. The van der Waals surface area contributed by atoms with Gasteiger partial charge < -0.3 is 10.3 Å². The fourth-order valence-corrected chi connectivity index (χ4v) is 4.82. The number of nitrogens with one attached hydrogen (secondary N) is 3. The van der Waals surface area contributed by atoms with Gasteiger partial charge in [0.05, 0.1) is 11.4 Å². The van der Waals surface area contributed by atoms with Crippen molar-refractivity contribution in [3.63, 3.8) is 0 Å². The van der Waals surface area contributed by atoms with E-state index >= 15 is 0 Å². The molecule has 0 radical (unpaired) electrons. The number of aromatic nitrogens is 5. The van der Waals surface area contributed by atoms with Crippen LogP contribution < -0.4 is 5.32 Å². The van der Waals surface area contributed by atoms with Crippen LogP contribution in [0.4, 0.5) is 4.39 Å². The van der Waals surface area contributed by atoms with Gasteiger partial charge in [0.25, 0.3) is 0 Å². The summed E-state index contributed by atoms with van der Waals surface area (Å²) in [4.78, 5) is 12.7. The van der Waals surface area contributed by atoms with Gasteiger partial charge in [-0.2, -0.15) is 5.10 Å². The summed E-state index contributed by atoms with van der Waals surface area (Å²) >= 11 is 0. The van der Waals surface area contributed by atoms with E-state index in [4.69, 9.17) is 0 Å². The van der Waals surface area contributed by atoms with Crippen molar-refractivity contribution in [2.24, 2.45) is 0 Å². The van der Waals surface area contributed by atoms with E-state index in [0.29, 0.717) is 5.65 Å². The van der Waals surface area contributed by atoms with Crippen molar-refractivity contribution in [2.75, 3.05) is 0 Å². The number of fused-ring (bicyclic) bond motifs is 2. The van der Waals surface area contributed by atoms with Gasteiger partial charge in [-0.25, -0.2) is 9.37 Å². The van der Waals surface area contributed by atoms with Gasteiger partial charge in [-0.15, -0.1) is 0 Å². The van der Waals surface area contributed by atoms with E-state index in [-0.39, 0.29) is 5.82 Å². The fraction of sp³-hybridized carbons (Fsp3) is 0.0294. The van der Waals surface area contributed by atoms with E-state index < -0.39 is 0 Å². The second-order valence-electron chi connectivity index (χ2n) is 9.52. The Morgan fingerprint density at radius 3 is 2.49 bits per heavy atom. The molecule has 0 atom stereocenters. The third-order valence-electron chi connectivity index (χ3n) is 6.93. The van der Waals surface area contributed by atoms with Crippen LogP contribution in [-0.4, -0.2) is 25.1 Å². The minimum Gasteiger partial charge on any atom is -0.356 e. The monoisotopic (exact) mass is 538 g/mol. The van der Waals surface area contributed by atoms with Crippen LogP contribution >= 0.6 is 0 Å². The minimum absolute atomic E-state index is 0.283. The van der Waals surface area contributed by atoms with Gasteiger partial charge in [-0.05, 0) is 72.7 Å². The molecule has 200 valence electrons. The Hall–Kier alpha value is -5.56.